The van der Waals surface area contributed by atoms with Crippen molar-refractivity contribution < 1.29 is 18.0 Å². The molecule has 2 fully saturated rings. The van der Waals surface area contributed by atoms with Crippen LogP contribution in [0.25, 0.3) is 0 Å². The molecule has 0 atom stereocenters. The molecule has 8 nitrogen and oxygen atoms in total. The summed E-state index contributed by atoms with van der Waals surface area (Å²) in [6.07, 6.45) is 8.40. The van der Waals surface area contributed by atoms with Crippen LogP contribution in [0.5, 0.6) is 0 Å². The molecular formula is C25H34N4O4S. The minimum Gasteiger partial charge on any atom is -0.353 e. The van der Waals surface area contributed by atoms with E-state index in [1.165, 1.54) is 23.4 Å². The van der Waals surface area contributed by atoms with Gasteiger partial charge in [0.05, 0.1) is 18.0 Å². The highest BCUT2D eigenvalue weighted by molar-refractivity contribution is 7.89. The number of hydrogen-bond acceptors (Lipinski definition) is 4. The van der Waals surface area contributed by atoms with E-state index in [2.05, 4.69) is 5.32 Å². The van der Waals surface area contributed by atoms with Crippen molar-refractivity contribution in [2.75, 3.05) is 11.9 Å². The zero-order valence-corrected chi connectivity index (χ0v) is 20.8. The second-order valence-electron chi connectivity index (χ2n) is 9.41. The minimum absolute atomic E-state index is 0.139. The van der Waals surface area contributed by atoms with Crippen molar-refractivity contribution in [2.45, 2.75) is 75.4 Å². The van der Waals surface area contributed by atoms with Crippen LogP contribution in [0.1, 0.15) is 57.6 Å². The van der Waals surface area contributed by atoms with E-state index in [1.54, 1.807) is 12.1 Å². The smallest absolute Gasteiger partial charge is 0.243 e. The minimum atomic E-state index is -3.88. The molecule has 34 heavy (non-hydrogen) atoms. The third kappa shape index (κ3) is 5.70. The van der Waals surface area contributed by atoms with Crippen molar-refractivity contribution >= 4 is 27.5 Å². The highest BCUT2D eigenvalue weighted by Crippen LogP contribution is 2.31. The first kappa shape index (κ1) is 24.5. The lowest BCUT2D eigenvalue weighted by atomic mass is 9.95. The highest BCUT2D eigenvalue weighted by Gasteiger charge is 2.38. The van der Waals surface area contributed by atoms with Gasteiger partial charge in [-0.15, -0.1) is 0 Å². The summed E-state index contributed by atoms with van der Waals surface area (Å²) in [5, 5.41) is 2.66. The number of rotatable bonds is 9. The lowest BCUT2D eigenvalue weighted by Gasteiger charge is -2.34. The van der Waals surface area contributed by atoms with Crippen molar-refractivity contribution in [1.29, 1.82) is 0 Å². The van der Waals surface area contributed by atoms with Crippen LogP contribution in [-0.4, -0.2) is 52.6 Å². The van der Waals surface area contributed by atoms with Gasteiger partial charge >= 0.3 is 0 Å². The first-order valence-corrected chi connectivity index (χ1v) is 13.5. The lowest BCUT2D eigenvalue weighted by Crippen LogP contribution is -2.48. The van der Waals surface area contributed by atoms with Gasteiger partial charge in [-0.25, -0.2) is 8.42 Å². The number of nitrogens with one attached hydrogen (secondary N) is 1. The van der Waals surface area contributed by atoms with Crippen molar-refractivity contribution in [3.8, 4) is 0 Å². The number of amides is 2. The predicted molar refractivity (Wildman–Crippen MR) is 130 cm³/mol. The quantitative estimate of drug-likeness (QED) is 0.587. The molecule has 2 aromatic rings. The molecule has 4 rings (SSSR count). The summed E-state index contributed by atoms with van der Waals surface area (Å²) < 4.78 is 30.9. The van der Waals surface area contributed by atoms with Crippen molar-refractivity contribution in [3.05, 3.63) is 48.3 Å². The van der Waals surface area contributed by atoms with Crippen LogP contribution >= 0.6 is 0 Å². The van der Waals surface area contributed by atoms with Gasteiger partial charge < -0.3 is 14.8 Å². The fourth-order valence-corrected chi connectivity index (χ4v) is 6.33. The summed E-state index contributed by atoms with van der Waals surface area (Å²) in [7, 11) is -1.93. The maximum atomic E-state index is 13.7. The molecule has 0 unspecified atom stereocenters. The number of benzene rings is 1. The number of carbonyl (C=O) groups is 2. The Morgan fingerprint density at radius 3 is 2.24 bits per heavy atom. The van der Waals surface area contributed by atoms with E-state index in [0.717, 1.165) is 50.6 Å². The zero-order valence-electron chi connectivity index (χ0n) is 19.9. The third-order valence-electron chi connectivity index (χ3n) is 6.75. The molecule has 1 aromatic carbocycles. The van der Waals surface area contributed by atoms with Gasteiger partial charge in [0.2, 0.25) is 21.8 Å². The summed E-state index contributed by atoms with van der Waals surface area (Å²) >= 11 is 0. The summed E-state index contributed by atoms with van der Waals surface area (Å²) in [5.41, 5.74) is 1.56. The van der Waals surface area contributed by atoms with Crippen LogP contribution in [-0.2, 0) is 33.2 Å². The Morgan fingerprint density at radius 1 is 1.00 bits per heavy atom. The molecular weight excluding hydrogens is 452 g/mol. The van der Waals surface area contributed by atoms with E-state index in [1.807, 2.05) is 34.8 Å². The molecule has 0 aliphatic heterocycles. The van der Waals surface area contributed by atoms with Gasteiger partial charge in [0, 0.05) is 43.6 Å². The molecule has 2 aliphatic rings. The van der Waals surface area contributed by atoms with Crippen molar-refractivity contribution in [3.63, 3.8) is 0 Å². The van der Waals surface area contributed by atoms with Crippen LogP contribution in [0.15, 0.2) is 47.5 Å². The van der Waals surface area contributed by atoms with Gasteiger partial charge in [0.1, 0.15) is 0 Å². The number of nitrogens with zero attached hydrogens (tertiary/aromatic N) is 3. The molecule has 2 amide bonds. The highest BCUT2D eigenvalue weighted by atomic mass is 32.2. The van der Waals surface area contributed by atoms with Crippen LogP contribution < -0.4 is 5.32 Å². The van der Waals surface area contributed by atoms with Crippen LogP contribution in [0.3, 0.4) is 0 Å². The van der Waals surface area contributed by atoms with E-state index >= 15 is 0 Å². The SMILES string of the molecule is CC(=O)Nc1ccc(S(=O)(=O)N(CC(=O)N(Cc2cccn2C)C2CC2)C2CCCCC2)cc1. The second kappa shape index (κ2) is 10.3. The van der Waals surface area contributed by atoms with Crippen LogP contribution in [0.2, 0.25) is 0 Å². The van der Waals surface area contributed by atoms with E-state index in [4.69, 9.17) is 0 Å². The molecule has 0 saturated heterocycles. The summed E-state index contributed by atoms with van der Waals surface area (Å²) in [5.74, 6) is -0.365. The standard InChI is InChI=1S/C25H34N4O4S/c1-19(30)26-20-10-14-24(15-11-20)34(32,33)29(22-7-4-3-5-8-22)18-25(31)28(21-12-13-21)17-23-9-6-16-27(23)2/h6,9-11,14-16,21-22H,3-5,7-8,12-13,17-18H2,1-2H3,(H,26,30). The number of anilines is 1. The van der Waals surface area contributed by atoms with Gasteiger partial charge in [0.15, 0.2) is 0 Å². The van der Waals surface area contributed by atoms with Crippen molar-refractivity contribution in [1.82, 2.24) is 13.8 Å². The third-order valence-corrected chi connectivity index (χ3v) is 8.66. The monoisotopic (exact) mass is 486 g/mol. The molecule has 0 spiro atoms. The summed E-state index contributed by atoms with van der Waals surface area (Å²) in [6, 6.07) is 10.1. The Bertz CT molecular complexity index is 1120. The van der Waals surface area contributed by atoms with Gasteiger partial charge in [-0.3, -0.25) is 9.59 Å². The molecule has 2 aliphatic carbocycles. The van der Waals surface area contributed by atoms with E-state index in [0.29, 0.717) is 12.2 Å². The van der Waals surface area contributed by atoms with Crippen molar-refractivity contribution in [2.24, 2.45) is 7.05 Å². The molecule has 1 heterocycles. The van der Waals surface area contributed by atoms with Crippen LogP contribution in [0.4, 0.5) is 5.69 Å². The average molecular weight is 487 g/mol. The number of aryl methyl sites for hydroxylation is 1. The Kier molecular flexibility index (Phi) is 7.42. The predicted octanol–water partition coefficient (Wildman–Crippen LogP) is 3.50. The second-order valence-corrected chi connectivity index (χ2v) is 11.3. The number of hydrogen-bond donors (Lipinski definition) is 1. The fourth-order valence-electron chi connectivity index (χ4n) is 4.69. The van der Waals surface area contributed by atoms with Gasteiger partial charge in [0.25, 0.3) is 0 Å². The van der Waals surface area contributed by atoms with Crippen LogP contribution in [0, 0.1) is 0 Å². The topological polar surface area (TPSA) is 91.7 Å². The normalized spacial score (nSPS) is 17.0. The van der Waals surface area contributed by atoms with Gasteiger partial charge in [-0.1, -0.05) is 19.3 Å². The Labute approximate surface area is 202 Å². The maximum Gasteiger partial charge on any atom is 0.243 e. The largest absolute Gasteiger partial charge is 0.353 e. The summed E-state index contributed by atoms with van der Waals surface area (Å²) in [6.45, 7) is 1.74. The van der Waals surface area contributed by atoms with E-state index in [-0.39, 0.29) is 35.3 Å². The molecule has 0 radical (unpaired) electrons. The molecule has 184 valence electrons. The molecule has 9 heteroatoms. The first-order valence-electron chi connectivity index (χ1n) is 12.0. The molecule has 0 bridgehead atoms. The number of aromatic nitrogens is 1. The Balaban J connectivity index is 1.58. The lowest BCUT2D eigenvalue weighted by molar-refractivity contribution is -0.133. The Morgan fingerprint density at radius 2 is 1.68 bits per heavy atom. The number of sulfonamides is 1. The zero-order chi connectivity index (χ0) is 24.3. The molecule has 1 N–H and O–H groups in total. The summed E-state index contributed by atoms with van der Waals surface area (Å²) in [4.78, 5) is 26.8. The fraction of sp³-hybridized carbons (Fsp3) is 0.520. The van der Waals surface area contributed by atoms with E-state index in [9.17, 15) is 18.0 Å². The molecule has 1 aromatic heterocycles. The number of carbonyl (C=O) groups excluding carboxylic acids is 2. The molecule has 2 saturated carbocycles. The average Bonchev–Trinajstić information content (AvgIpc) is 3.57. The maximum absolute atomic E-state index is 13.7. The van der Waals surface area contributed by atoms with Gasteiger partial charge in [-0.2, -0.15) is 4.31 Å². The van der Waals surface area contributed by atoms with Gasteiger partial charge in [-0.05, 0) is 62.1 Å². The first-order chi connectivity index (χ1) is 16.3. The van der Waals surface area contributed by atoms with E-state index < -0.39 is 10.0 Å². The Hall–Kier alpha value is -2.65.